The average molecular weight is 374 g/mol. The van der Waals surface area contributed by atoms with Crippen molar-refractivity contribution in [1.29, 1.82) is 0 Å². The smallest absolute Gasteiger partial charge is 0.306 e. The molecule has 0 aliphatic heterocycles. The second kappa shape index (κ2) is 6.79. The minimum atomic E-state index is -1.14. The Kier molecular flexibility index (Phi) is 4.51. The summed E-state index contributed by atoms with van der Waals surface area (Å²) in [6, 6.07) is 5.68. The van der Waals surface area contributed by atoms with E-state index in [0.29, 0.717) is 0 Å². The lowest BCUT2D eigenvalue weighted by Gasteiger charge is -2.12. The van der Waals surface area contributed by atoms with E-state index in [1.54, 1.807) is 0 Å². The van der Waals surface area contributed by atoms with Crippen molar-refractivity contribution in [3.05, 3.63) is 40.6 Å². The number of ether oxygens (including phenoxy) is 1. The van der Waals surface area contributed by atoms with E-state index in [-0.39, 0.29) is 46.8 Å². The summed E-state index contributed by atoms with van der Waals surface area (Å²) in [5, 5.41) is 47.2. The molecule has 140 valence electrons. The van der Waals surface area contributed by atoms with Crippen molar-refractivity contribution in [1.82, 2.24) is 0 Å². The molecule has 0 spiro atoms. The zero-order valence-electron chi connectivity index (χ0n) is 13.7. The predicted molar refractivity (Wildman–Crippen MR) is 92.3 cm³/mol. The van der Waals surface area contributed by atoms with Gasteiger partial charge in [-0.2, -0.15) is 0 Å². The van der Waals surface area contributed by atoms with E-state index in [4.69, 9.17) is 14.3 Å². The van der Waals surface area contributed by atoms with Crippen LogP contribution in [0.3, 0.4) is 0 Å². The van der Waals surface area contributed by atoms with Crippen LogP contribution in [0.2, 0.25) is 0 Å². The van der Waals surface area contributed by atoms with Crippen LogP contribution >= 0.6 is 0 Å². The second-order valence-electron chi connectivity index (χ2n) is 5.62. The van der Waals surface area contributed by atoms with E-state index >= 15 is 0 Å². The summed E-state index contributed by atoms with van der Waals surface area (Å²) < 4.78 is 10.9. The third-order valence-corrected chi connectivity index (χ3v) is 3.72. The van der Waals surface area contributed by atoms with Crippen LogP contribution in [0.25, 0.3) is 22.3 Å². The molecule has 0 radical (unpaired) electrons. The van der Waals surface area contributed by atoms with Crippen LogP contribution in [0.5, 0.6) is 28.7 Å². The van der Waals surface area contributed by atoms with Gasteiger partial charge in [0, 0.05) is 17.7 Å². The molecule has 0 atom stereocenters. The fourth-order valence-corrected chi connectivity index (χ4v) is 2.49. The predicted octanol–water partition coefficient (Wildman–Crippen LogP) is 2.14. The van der Waals surface area contributed by atoms with E-state index in [2.05, 4.69) is 0 Å². The van der Waals surface area contributed by atoms with Gasteiger partial charge in [-0.3, -0.25) is 9.59 Å². The third-order valence-electron chi connectivity index (χ3n) is 3.72. The van der Waals surface area contributed by atoms with E-state index in [1.165, 1.54) is 6.07 Å². The fourth-order valence-electron chi connectivity index (χ4n) is 2.49. The fraction of sp³-hybridized carbons (Fsp3) is 0.111. The number of phenols is 4. The summed E-state index contributed by atoms with van der Waals surface area (Å²) in [7, 11) is 0. The zero-order chi connectivity index (χ0) is 19.7. The molecule has 0 aliphatic rings. The Morgan fingerprint density at radius 1 is 1.00 bits per heavy atom. The topological polar surface area (TPSA) is 158 Å². The Labute approximate surface area is 150 Å². The van der Waals surface area contributed by atoms with E-state index in [9.17, 15) is 30.0 Å². The number of hydrogen-bond donors (Lipinski definition) is 5. The van der Waals surface area contributed by atoms with Crippen molar-refractivity contribution >= 4 is 16.9 Å². The van der Waals surface area contributed by atoms with Gasteiger partial charge in [0.25, 0.3) is 0 Å². The maximum Gasteiger partial charge on any atom is 0.306 e. The highest BCUT2D eigenvalue weighted by molar-refractivity contribution is 5.88. The first-order valence-electron chi connectivity index (χ1n) is 7.67. The lowest BCUT2D eigenvalue weighted by atomic mass is 10.1. The maximum absolute atomic E-state index is 12.8. The molecule has 2 aromatic carbocycles. The highest BCUT2D eigenvalue weighted by Crippen LogP contribution is 2.38. The van der Waals surface area contributed by atoms with Crippen molar-refractivity contribution < 1.29 is 39.5 Å². The van der Waals surface area contributed by atoms with Gasteiger partial charge < -0.3 is 34.7 Å². The van der Waals surface area contributed by atoms with Gasteiger partial charge in [-0.05, 0) is 18.2 Å². The van der Waals surface area contributed by atoms with E-state index < -0.39 is 28.6 Å². The minimum absolute atomic E-state index is 0.148. The largest absolute Gasteiger partial charge is 0.508 e. The first-order valence-corrected chi connectivity index (χ1v) is 7.67. The van der Waals surface area contributed by atoms with Crippen LogP contribution in [0, 0.1) is 0 Å². The van der Waals surface area contributed by atoms with Crippen molar-refractivity contribution in [3.8, 4) is 40.1 Å². The Hall–Kier alpha value is -3.88. The molecule has 9 heteroatoms. The number of hydrogen-bond acceptors (Lipinski definition) is 8. The molecular formula is C18H14O9. The van der Waals surface area contributed by atoms with Crippen molar-refractivity contribution in [2.45, 2.75) is 6.42 Å². The van der Waals surface area contributed by atoms with Crippen molar-refractivity contribution in [2.24, 2.45) is 0 Å². The summed E-state index contributed by atoms with van der Waals surface area (Å²) in [6.07, 6.45) is -0.390. The average Bonchev–Trinajstić information content (AvgIpc) is 2.58. The number of benzene rings is 2. The molecule has 3 aromatic rings. The number of fused-ring (bicyclic) bond motifs is 1. The first-order chi connectivity index (χ1) is 12.8. The van der Waals surface area contributed by atoms with Crippen LogP contribution in [0.4, 0.5) is 0 Å². The van der Waals surface area contributed by atoms with Crippen LogP contribution in [-0.4, -0.2) is 38.1 Å². The molecular weight excluding hydrogens is 360 g/mol. The molecule has 5 N–H and O–H groups in total. The third kappa shape index (κ3) is 3.43. The molecule has 1 heterocycles. The molecule has 0 amide bonds. The Bertz CT molecular complexity index is 1100. The lowest BCUT2D eigenvalue weighted by molar-refractivity contribution is -0.137. The second-order valence-corrected chi connectivity index (χ2v) is 5.62. The Balaban J connectivity index is 2.26. The van der Waals surface area contributed by atoms with Crippen molar-refractivity contribution in [3.63, 3.8) is 0 Å². The summed E-state index contributed by atoms with van der Waals surface area (Å²) >= 11 is 0. The Morgan fingerprint density at radius 2 is 1.74 bits per heavy atom. The zero-order valence-corrected chi connectivity index (χ0v) is 13.7. The van der Waals surface area contributed by atoms with E-state index in [1.807, 2.05) is 0 Å². The molecule has 9 nitrogen and oxygen atoms in total. The number of carbonyl (C=O) groups is 1. The van der Waals surface area contributed by atoms with Gasteiger partial charge >= 0.3 is 5.97 Å². The number of aliphatic carboxylic acids is 1. The summed E-state index contributed by atoms with van der Waals surface area (Å²) in [6.45, 7) is -0.346. The quantitative estimate of drug-likeness (QED) is 0.422. The highest BCUT2D eigenvalue weighted by Gasteiger charge is 2.21. The SMILES string of the molecule is O=C(O)CCOc1c(-c2ccc(O)c(O)c2)oc2cc(O)cc(O)c2c1=O. The maximum atomic E-state index is 12.8. The molecule has 1 aromatic heterocycles. The first kappa shape index (κ1) is 17.9. The molecule has 3 rings (SSSR count). The Morgan fingerprint density at radius 3 is 2.41 bits per heavy atom. The van der Waals surface area contributed by atoms with Gasteiger partial charge in [-0.15, -0.1) is 0 Å². The molecule has 0 unspecified atom stereocenters. The van der Waals surface area contributed by atoms with Crippen LogP contribution in [0.15, 0.2) is 39.5 Å². The lowest BCUT2D eigenvalue weighted by Crippen LogP contribution is -2.13. The molecule has 0 bridgehead atoms. The van der Waals surface area contributed by atoms with Gasteiger partial charge in [0.05, 0.1) is 13.0 Å². The standard InChI is InChI=1S/C18H14O9/c19-9-6-12(22)15-13(7-9)27-17(8-1-2-10(20)11(21)5-8)18(16(15)25)26-4-3-14(23)24/h1-2,5-7,19-22H,3-4H2,(H,23,24). The summed E-state index contributed by atoms with van der Waals surface area (Å²) in [5.41, 5.74) is -0.787. The van der Waals surface area contributed by atoms with Crippen LogP contribution in [0.1, 0.15) is 6.42 Å². The molecule has 0 saturated heterocycles. The van der Waals surface area contributed by atoms with Gasteiger partial charge in [-0.25, -0.2) is 0 Å². The number of phenolic OH excluding ortho intramolecular Hbond substituents is 4. The number of carboxylic acids is 1. The number of carboxylic acid groups (broad SMARTS) is 1. The highest BCUT2D eigenvalue weighted by atomic mass is 16.5. The van der Waals surface area contributed by atoms with E-state index in [0.717, 1.165) is 24.3 Å². The van der Waals surface area contributed by atoms with Gasteiger partial charge in [0.1, 0.15) is 22.5 Å². The number of rotatable bonds is 5. The monoisotopic (exact) mass is 374 g/mol. The normalized spacial score (nSPS) is 10.8. The molecule has 0 aliphatic carbocycles. The van der Waals surface area contributed by atoms with Gasteiger partial charge in [-0.1, -0.05) is 0 Å². The van der Waals surface area contributed by atoms with Crippen molar-refractivity contribution in [2.75, 3.05) is 6.61 Å². The summed E-state index contributed by atoms with van der Waals surface area (Å²) in [4.78, 5) is 23.5. The molecule has 0 fully saturated rings. The van der Waals surface area contributed by atoms with Crippen LogP contribution in [-0.2, 0) is 4.79 Å². The molecule has 0 saturated carbocycles. The van der Waals surface area contributed by atoms with Crippen LogP contribution < -0.4 is 10.2 Å². The molecule has 27 heavy (non-hydrogen) atoms. The number of aromatic hydroxyl groups is 4. The van der Waals surface area contributed by atoms with Gasteiger partial charge in [0.15, 0.2) is 17.3 Å². The minimum Gasteiger partial charge on any atom is -0.508 e. The van der Waals surface area contributed by atoms with Gasteiger partial charge in [0.2, 0.25) is 11.2 Å². The summed E-state index contributed by atoms with van der Waals surface area (Å²) in [5.74, 6) is -3.45.